The van der Waals surface area contributed by atoms with Crippen molar-refractivity contribution < 1.29 is 17.9 Å². The zero-order chi connectivity index (χ0) is 19.6. The summed E-state index contributed by atoms with van der Waals surface area (Å²) in [4.78, 5) is 10.7. The SMILES string of the molecule is FC(F)(F)Oc1ccc2c(c1)CCN(c1cc(Nc3ccccc3)ncn1)C2. The fraction of sp³-hybridized carbons (Fsp3) is 0.200. The first-order valence-corrected chi connectivity index (χ1v) is 8.73. The number of rotatable bonds is 4. The summed E-state index contributed by atoms with van der Waals surface area (Å²) in [6.07, 6.45) is -2.58. The lowest BCUT2D eigenvalue weighted by molar-refractivity contribution is -0.274. The molecule has 5 nitrogen and oxygen atoms in total. The Balaban J connectivity index is 1.49. The third-order valence-corrected chi connectivity index (χ3v) is 4.45. The van der Waals surface area contributed by atoms with Gasteiger partial charge >= 0.3 is 6.36 Å². The summed E-state index contributed by atoms with van der Waals surface area (Å²) < 4.78 is 41.2. The fourth-order valence-electron chi connectivity index (χ4n) is 3.18. The smallest absolute Gasteiger partial charge is 0.406 e. The minimum Gasteiger partial charge on any atom is -0.406 e. The summed E-state index contributed by atoms with van der Waals surface area (Å²) in [6.45, 7) is 1.20. The van der Waals surface area contributed by atoms with E-state index < -0.39 is 6.36 Å². The molecule has 0 fully saturated rings. The first kappa shape index (κ1) is 18.1. The van der Waals surface area contributed by atoms with Crippen LogP contribution in [0.2, 0.25) is 0 Å². The summed E-state index contributed by atoms with van der Waals surface area (Å²) in [5, 5.41) is 3.23. The van der Waals surface area contributed by atoms with Crippen LogP contribution in [0.3, 0.4) is 0 Å². The van der Waals surface area contributed by atoms with Crippen LogP contribution in [-0.4, -0.2) is 22.9 Å². The summed E-state index contributed by atoms with van der Waals surface area (Å²) in [5.74, 6) is 1.25. The predicted octanol–water partition coefficient (Wildman–Crippen LogP) is 4.68. The number of alkyl halides is 3. The Hall–Kier alpha value is -3.29. The maximum Gasteiger partial charge on any atom is 0.573 e. The molecule has 0 aliphatic carbocycles. The van der Waals surface area contributed by atoms with Crippen molar-refractivity contribution in [2.45, 2.75) is 19.3 Å². The Labute approximate surface area is 159 Å². The van der Waals surface area contributed by atoms with Gasteiger partial charge in [-0.15, -0.1) is 13.2 Å². The van der Waals surface area contributed by atoms with E-state index in [9.17, 15) is 13.2 Å². The molecular weight excluding hydrogens is 369 g/mol. The molecule has 144 valence electrons. The van der Waals surface area contributed by atoms with Crippen molar-refractivity contribution >= 4 is 17.3 Å². The lowest BCUT2D eigenvalue weighted by Gasteiger charge is -2.30. The first-order valence-electron chi connectivity index (χ1n) is 8.73. The molecule has 0 saturated heterocycles. The topological polar surface area (TPSA) is 50.3 Å². The molecule has 28 heavy (non-hydrogen) atoms. The average molecular weight is 386 g/mol. The van der Waals surface area contributed by atoms with E-state index in [-0.39, 0.29) is 5.75 Å². The van der Waals surface area contributed by atoms with Crippen molar-refractivity contribution in [2.24, 2.45) is 0 Å². The number of hydrogen-bond donors (Lipinski definition) is 1. The molecule has 0 atom stereocenters. The molecule has 0 radical (unpaired) electrons. The van der Waals surface area contributed by atoms with E-state index >= 15 is 0 Å². The third-order valence-electron chi connectivity index (χ3n) is 4.45. The molecule has 4 rings (SSSR count). The van der Waals surface area contributed by atoms with Gasteiger partial charge in [0.2, 0.25) is 0 Å². The highest BCUT2D eigenvalue weighted by atomic mass is 19.4. The number of anilines is 3. The van der Waals surface area contributed by atoms with Crippen molar-refractivity contribution in [3.05, 3.63) is 72.1 Å². The number of nitrogens with zero attached hydrogens (tertiary/aromatic N) is 3. The highest BCUT2D eigenvalue weighted by molar-refractivity contribution is 5.59. The molecule has 1 aromatic heterocycles. The number of hydrogen-bond acceptors (Lipinski definition) is 5. The second-order valence-corrected chi connectivity index (χ2v) is 6.40. The van der Waals surface area contributed by atoms with E-state index in [1.165, 1.54) is 18.5 Å². The van der Waals surface area contributed by atoms with Crippen LogP contribution in [0.1, 0.15) is 11.1 Å². The fourth-order valence-corrected chi connectivity index (χ4v) is 3.18. The van der Waals surface area contributed by atoms with Crippen LogP contribution in [0.4, 0.5) is 30.5 Å². The number of ether oxygens (including phenoxy) is 1. The van der Waals surface area contributed by atoms with E-state index in [2.05, 4.69) is 24.9 Å². The maximum absolute atomic E-state index is 12.4. The minimum absolute atomic E-state index is 0.184. The van der Waals surface area contributed by atoms with Crippen LogP contribution in [0.15, 0.2) is 60.9 Å². The summed E-state index contributed by atoms with van der Waals surface area (Å²) >= 11 is 0. The van der Waals surface area contributed by atoms with E-state index in [4.69, 9.17) is 0 Å². The number of halogens is 3. The Morgan fingerprint density at radius 2 is 1.79 bits per heavy atom. The zero-order valence-electron chi connectivity index (χ0n) is 14.8. The molecule has 0 bridgehead atoms. The van der Waals surface area contributed by atoms with E-state index in [1.807, 2.05) is 36.4 Å². The van der Waals surface area contributed by atoms with Gasteiger partial charge in [0.1, 0.15) is 23.7 Å². The van der Waals surface area contributed by atoms with Gasteiger partial charge in [-0.2, -0.15) is 0 Å². The molecule has 1 aliphatic heterocycles. The molecule has 2 heterocycles. The van der Waals surface area contributed by atoms with Crippen molar-refractivity contribution in [1.29, 1.82) is 0 Å². The molecule has 1 N–H and O–H groups in total. The van der Waals surface area contributed by atoms with Crippen molar-refractivity contribution in [3.63, 3.8) is 0 Å². The van der Waals surface area contributed by atoms with Gasteiger partial charge in [-0.05, 0) is 41.8 Å². The van der Waals surface area contributed by atoms with Crippen LogP contribution >= 0.6 is 0 Å². The van der Waals surface area contributed by atoms with Gasteiger partial charge in [-0.25, -0.2) is 9.97 Å². The highest BCUT2D eigenvalue weighted by Gasteiger charge is 2.31. The van der Waals surface area contributed by atoms with E-state index in [0.717, 1.165) is 22.6 Å². The van der Waals surface area contributed by atoms with E-state index in [0.29, 0.717) is 25.3 Å². The Kier molecular flexibility index (Phi) is 4.77. The van der Waals surface area contributed by atoms with E-state index in [1.54, 1.807) is 6.07 Å². The normalized spacial score (nSPS) is 13.8. The summed E-state index contributed by atoms with van der Waals surface area (Å²) in [5.41, 5.74) is 2.74. The lowest BCUT2D eigenvalue weighted by atomic mass is 9.99. The number of fused-ring (bicyclic) bond motifs is 1. The average Bonchev–Trinajstić information content (AvgIpc) is 2.67. The number of benzene rings is 2. The molecule has 1 aliphatic rings. The van der Waals surface area contributed by atoms with Crippen LogP contribution in [-0.2, 0) is 13.0 Å². The van der Waals surface area contributed by atoms with Gasteiger partial charge in [-0.3, -0.25) is 0 Å². The maximum atomic E-state index is 12.4. The molecule has 0 amide bonds. The monoisotopic (exact) mass is 386 g/mol. The third kappa shape index (κ3) is 4.33. The standard InChI is InChI=1S/C20H17F3N4O/c21-20(22,23)28-17-7-6-15-12-27(9-8-14(15)10-17)19-11-18(24-13-25-19)26-16-4-2-1-3-5-16/h1-7,10-11,13H,8-9,12H2,(H,24,25,26). The van der Waals surface area contributed by atoms with Crippen LogP contribution < -0.4 is 15.0 Å². The minimum atomic E-state index is -4.68. The van der Waals surface area contributed by atoms with Crippen molar-refractivity contribution in [1.82, 2.24) is 9.97 Å². The lowest BCUT2D eigenvalue weighted by Crippen LogP contribution is -2.31. The highest BCUT2D eigenvalue weighted by Crippen LogP contribution is 2.30. The Morgan fingerprint density at radius 3 is 2.57 bits per heavy atom. The Bertz CT molecular complexity index is 963. The molecule has 0 saturated carbocycles. The van der Waals surface area contributed by atoms with Gasteiger partial charge in [0.05, 0.1) is 0 Å². The molecule has 3 aromatic rings. The molecular formula is C20H17F3N4O. The largest absolute Gasteiger partial charge is 0.573 e. The van der Waals surface area contributed by atoms with Crippen molar-refractivity contribution in [3.8, 4) is 5.75 Å². The molecule has 0 spiro atoms. The van der Waals surface area contributed by atoms with Gasteiger partial charge in [0, 0.05) is 24.8 Å². The Morgan fingerprint density at radius 1 is 0.964 bits per heavy atom. The second kappa shape index (κ2) is 7.38. The molecule has 2 aromatic carbocycles. The summed E-state index contributed by atoms with van der Waals surface area (Å²) in [7, 11) is 0. The number of nitrogens with one attached hydrogen (secondary N) is 1. The predicted molar refractivity (Wildman–Crippen MR) is 99.6 cm³/mol. The van der Waals surface area contributed by atoms with Gasteiger partial charge in [0.25, 0.3) is 0 Å². The quantitative estimate of drug-likeness (QED) is 0.706. The van der Waals surface area contributed by atoms with Crippen LogP contribution in [0.5, 0.6) is 5.75 Å². The van der Waals surface area contributed by atoms with Crippen LogP contribution in [0, 0.1) is 0 Å². The molecule has 0 unspecified atom stereocenters. The zero-order valence-corrected chi connectivity index (χ0v) is 14.8. The summed E-state index contributed by atoms with van der Waals surface area (Å²) in [6, 6.07) is 16.0. The van der Waals surface area contributed by atoms with Crippen LogP contribution in [0.25, 0.3) is 0 Å². The second-order valence-electron chi connectivity index (χ2n) is 6.40. The molecule has 8 heteroatoms. The van der Waals surface area contributed by atoms with Gasteiger partial charge in [0.15, 0.2) is 0 Å². The van der Waals surface area contributed by atoms with Crippen molar-refractivity contribution in [2.75, 3.05) is 16.8 Å². The number of aromatic nitrogens is 2. The van der Waals surface area contributed by atoms with Gasteiger partial charge in [-0.1, -0.05) is 24.3 Å². The van der Waals surface area contributed by atoms with Gasteiger partial charge < -0.3 is 15.0 Å². The number of para-hydroxylation sites is 1. The first-order chi connectivity index (χ1) is 13.5.